The van der Waals surface area contributed by atoms with E-state index in [1.54, 1.807) is 7.11 Å². The molecule has 84 valence electrons. The lowest BCUT2D eigenvalue weighted by Crippen LogP contribution is -1.98. The highest BCUT2D eigenvalue weighted by atomic mass is 32.1. The summed E-state index contributed by atoms with van der Waals surface area (Å²) < 4.78 is 5.14. The Morgan fingerprint density at radius 1 is 1.25 bits per heavy atom. The number of ketones is 1. The molecule has 0 aliphatic heterocycles. The summed E-state index contributed by atoms with van der Waals surface area (Å²) in [6, 6.07) is 3.87. The molecule has 0 aliphatic rings. The van der Waals surface area contributed by atoms with Crippen molar-refractivity contribution < 1.29 is 9.53 Å². The van der Waals surface area contributed by atoms with E-state index >= 15 is 0 Å². The van der Waals surface area contributed by atoms with Gasteiger partial charge in [0.2, 0.25) is 5.78 Å². The molecule has 0 atom stereocenters. The van der Waals surface area contributed by atoms with Gasteiger partial charge in [0.1, 0.15) is 0 Å². The van der Waals surface area contributed by atoms with Gasteiger partial charge in [0.25, 0.3) is 0 Å². The molecule has 0 saturated carbocycles. The van der Waals surface area contributed by atoms with Crippen LogP contribution in [0.3, 0.4) is 0 Å². The molecule has 2 aromatic rings. The molecule has 0 spiro atoms. The minimum absolute atomic E-state index is 0.110. The summed E-state index contributed by atoms with van der Waals surface area (Å²) >= 11 is 2.90. The Morgan fingerprint density at radius 3 is 2.50 bits per heavy atom. The monoisotopic (exact) mass is 252 g/mol. The van der Waals surface area contributed by atoms with Gasteiger partial charge in [0, 0.05) is 0 Å². The third kappa shape index (κ3) is 1.90. The predicted octanol–water partition coefficient (Wildman–Crippen LogP) is 3.67. The molecule has 2 heterocycles. The molecule has 4 heteroatoms. The summed E-state index contributed by atoms with van der Waals surface area (Å²) in [7, 11) is 1.62. The van der Waals surface area contributed by atoms with Crippen molar-refractivity contribution in [3.63, 3.8) is 0 Å². The van der Waals surface area contributed by atoms with Crippen molar-refractivity contribution >= 4 is 28.5 Å². The Morgan fingerprint density at radius 2 is 2.00 bits per heavy atom. The number of aryl methyl sites for hydroxylation is 2. The van der Waals surface area contributed by atoms with Crippen LogP contribution in [0.5, 0.6) is 5.06 Å². The van der Waals surface area contributed by atoms with Crippen molar-refractivity contribution in [3.05, 3.63) is 38.4 Å². The number of hydrogen-bond donors (Lipinski definition) is 0. The molecule has 0 unspecified atom stereocenters. The molecule has 0 amide bonds. The molecule has 0 saturated heterocycles. The zero-order valence-corrected chi connectivity index (χ0v) is 11.0. The second-order valence-electron chi connectivity index (χ2n) is 3.54. The smallest absolute Gasteiger partial charge is 0.213 e. The average molecular weight is 252 g/mol. The first-order valence-corrected chi connectivity index (χ1v) is 6.56. The molecule has 2 nitrogen and oxygen atoms in total. The van der Waals surface area contributed by atoms with Crippen LogP contribution in [0.4, 0.5) is 0 Å². The van der Waals surface area contributed by atoms with Gasteiger partial charge in [0.05, 0.1) is 16.9 Å². The summed E-state index contributed by atoms with van der Waals surface area (Å²) in [4.78, 5) is 13.9. The van der Waals surface area contributed by atoms with Crippen molar-refractivity contribution in [2.24, 2.45) is 0 Å². The van der Waals surface area contributed by atoms with Crippen LogP contribution in [0.15, 0.2) is 17.5 Å². The quantitative estimate of drug-likeness (QED) is 0.779. The highest BCUT2D eigenvalue weighted by Crippen LogP contribution is 2.32. The number of carbonyl (C=O) groups excluding carboxylic acids is 1. The van der Waals surface area contributed by atoms with Crippen LogP contribution in [0.1, 0.15) is 25.7 Å². The fourth-order valence-electron chi connectivity index (χ4n) is 1.49. The van der Waals surface area contributed by atoms with Crippen LogP contribution in [0.25, 0.3) is 0 Å². The van der Waals surface area contributed by atoms with E-state index in [0.717, 1.165) is 25.9 Å². The van der Waals surface area contributed by atoms with Crippen LogP contribution < -0.4 is 4.74 Å². The maximum absolute atomic E-state index is 12.2. The highest BCUT2D eigenvalue weighted by molar-refractivity contribution is 7.18. The minimum Gasteiger partial charge on any atom is -0.487 e. The molecule has 0 aromatic carbocycles. The first-order chi connectivity index (χ1) is 7.63. The van der Waals surface area contributed by atoms with Gasteiger partial charge >= 0.3 is 0 Å². The van der Waals surface area contributed by atoms with Crippen LogP contribution in [-0.2, 0) is 0 Å². The highest BCUT2D eigenvalue weighted by Gasteiger charge is 2.18. The Hall–Kier alpha value is -1.13. The molecular weight excluding hydrogens is 240 g/mol. The van der Waals surface area contributed by atoms with E-state index in [-0.39, 0.29) is 5.78 Å². The number of thiophene rings is 2. The van der Waals surface area contributed by atoms with E-state index in [1.807, 2.05) is 31.4 Å². The summed E-state index contributed by atoms with van der Waals surface area (Å²) in [6.45, 7) is 3.90. The van der Waals surface area contributed by atoms with E-state index in [4.69, 9.17) is 4.74 Å². The summed E-state index contributed by atoms with van der Waals surface area (Å²) in [5.41, 5.74) is 2.03. The molecule has 2 aromatic heterocycles. The van der Waals surface area contributed by atoms with Crippen molar-refractivity contribution in [3.8, 4) is 5.06 Å². The summed E-state index contributed by atoms with van der Waals surface area (Å²) in [6.07, 6.45) is 0. The van der Waals surface area contributed by atoms with E-state index < -0.39 is 0 Å². The zero-order chi connectivity index (χ0) is 11.7. The maximum Gasteiger partial charge on any atom is 0.213 e. The zero-order valence-electron chi connectivity index (χ0n) is 9.37. The molecule has 2 rings (SSSR count). The van der Waals surface area contributed by atoms with Gasteiger partial charge in [0.15, 0.2) is 5.06 Å². The summed E-state index contributed by atoms with van der Waals surface area (Å²) in [5, 5.41) is 2.73. The lowest BCUT2D eigenvalue weighted by atomic mass is 10.1. The average Bonchev–Trinajstić information content (AvgIpc) is 2.83. The minimum atomic E-state index is 0.110. The summed E-state index contributed by atoms with van der Waals surface area (Å²) in [5.74, 6) is 0.110. The molecule has 0 radical (unpaired) electrons. The Kier molecular flexibility index (Phi) is 3.12. The van der Waals surface area contributed by atoms with Crippen LogP contribution in [-0.4, -0.2) is 12.9 Å². The molecule has 0 N–H and O–H groups in total. The first-order valence-electron chi connectivity index (χ1n) is 4.86. The van der Waals surface area contributed by atoms with Gasteiger partial charge < -0.3 is 4.74 Å². The van der Waals surface area contributed by atoms with E-state index in [1.165, 1.54) is 22.7 Å². The lowest BCUT2D eigenvalue weighted by Gasteiger charge is -1.97. The van der Waals surface area contributed by atoms with Crippen LogP contribution in [0, 0.1) is 13.8 Å². The van der Waals surface area contributed by atoms with E-state index in [0.29, 0.717) is 0 Å². The molecule has 16 heavy (non-hydrogen) atoms. The maximum atomic E-state index is 12.2. The Balaban J connectivity index is 2.41. The van der Waals surface area contributed by atoms with Gasteiger partial charge in [-0.15, -0.1) is 11.3 Å². The fraction of sp³-hybridized carbons (Fsp3) is 0.250. The fourth-order valence-corrected chi connectivity index (χ4v) is 3.36. The molecular formula is C12H12O2S2. The number of methoxy groups -OCH3 is 1. The standard InChI is InChI=1S/C12H12O2S2/c1-7-4-5-15-11(7)10(13)12-8(2)6-9(14-3)16-12/h4-6H,1-3H3. The SMILES string of the molecule is COc1cc(C)c(C(=O)c2sccc2C)s1. The number of hydrogen-bond acceptors (Lipinski definition) is 4. The van der Waals surface area contributed by atoms with Crippen LogP contribution >= 0.6 is 22.7 Å². The van der Waals surface area contributed by atoms with Gasteiger partial charge in [-0.05, 0) is 42.5 Å². The normalized spacial score (nSPS) is 10.4. The Labute approximate surface area is 103 Å². The van der Waals surface area contributed by atoms with Crippen LogP contribution in [0.2, 0.25) is 0 Å². The van der Waals surface area contributed by atoms with Crippen molar-refractivity contribution in [2.45, 2.75) is 13.8 Å². The van der Waals surface area contributed by atoms with Crippen molar-refractivity contribution in [2.75, 3.05) is 7.11 Å². The number of rotatable bonds is 3. The largest absolute Gasteiger partial charge is 0.487 e. The van der Waals surface area contributed by atoms with Gasteiger partial charge in [-0.3, -0.25) is 4.79 Å². The lowest BCUT2D eigenvalue weighted by molar-refractivity contribution is 0.104. The second-order valence-corrected chi connectivity index (χ2v) is 5.47. The second kappa shape index (κ2) is 4.39. The van der Waals surface area contributed by atoms with Gasteiger partial charge in [-0.25, -0.2) is 0 Å². The molecule has 0 bridgehead atoms. The van der Waals surface area contributed by atoms with E-state index in [2.05, 4.69) is 0 Å². The number of carbonyl (C=O) groups is 1. The molecule has 0 aliphatic carbocycles. The van der Waals surface area contributed by atoms with Gasteiger partial charge in [-0.2, -0.15) is 0 Å². The Bertz CT molecular complexity index is 523. The van der Waals surface area contributed by atoms with Crippen molar-refractivity contribution in [1.29, 1.82) is 0 Å². The molecule has 0 fully saturated rings. The van der Waals surface area contributed by atoms with Crippen molar-refractivity contribution in [1.82, 2.24) is 0 Å². The number of ether oxygens (including phenoxy) is 1. The first kappa shape index (κ1) is 11.4. The van der Waals surface area contributed by atoms with E-state index in [9.17, 15) is 4.79 Å². The third-order valence-corrected chi connectivity index (χ3v) is 4.58. The topological polar surface area (TPSA) is 26.3 Å². The third-order valence-electron chi connectivity index (χ3n) is 2.37. The predicted molar refractivity (Wildman–Crippen MR) is 68.1 cm³/mol. The van der Waals surface area contributed by atoms with Gasteiger partial charge in [-0.1, -0.05) is 11.3 Å².